The molecule has 1 fully saturated rings. The SMILES string of the molecule is CN1CCC(Cc2nc3cc(Br)ccc3s2)CC1.[NaH]. The van der Waals surface area contributed by atoms with Gasteiger partial charge in [0.2, 0.25) is 0 Å². The van der Waals surface area contributed by atoms with Crippen molar-refractivity contribution in [3.8, 4) is 0 Å². The molecule has 0 atom stereocenters. The van der Waals surface area contributed by atoms with E-state index in [9.17, 15) is 0 Å². The first-order valence-corrected chi connectivity index (χ1v) is 8.05. The third-order valence-corrected chi connectivity index (χ3v) is 5.25. The van der Waals surface area contributed by atoms with Crippen LogP contribution >= 0.6 is 27.3 Å². The van der Waals surface area contributed by atoms with Gasteiger partial charge in [0.25, 0.3) is 0 Å². The molecule has 0 unspecified atom stereocenters. The van der Waals surface area contributed by atoms with E-state index < -0.39 is 0 Å². The third kappa shape index (κ3) is 4.02. The van der Waals surface area contributed by atoms with Gasteiger partial charge in [-0.3, -0.25) is 0 Å². The summed E-state index contributed by atoms with van der Waals surface area (Å²) in [5.41, 5.74) is 1.14. The third-order valence-electron chi connectivity index (χ3n) is 3.70. The number of nitrogens with zero attached hydrogens (tertiary/aromatic N) is 2. The van der Waals surface area contributed by atoms with Gasteiger partial charge in [0.15, 0.2) is 0 Å². The van der Waals surface area contributed by atoms with Crippen molar-refractivity contribution in [2.24, 2.45) is 5.92 Å². The number of hydrogen-bond donors (Lipinski definition) is 0. The molecule has 2 aromatic rings. The molecular weight excluding hydrogens is 331 g/mol. The predicted molar refractivity (Wildman–Crippen MR) is 88.4 cm³/mol. The zero-order valence-electron chi connectivity index (χ0n) is 10.5. The summed E-state index contributed by atoms with van der Waals surface area (Å²) >= 11 is 5.36. The van der Waals surface area contributed by atoms with Gasteiger partial charge < -0.3 is 4.90 Å². The number of hydrogen-bond acceptors (Lipinski definition) is 3. The first kappa shape index (κ1) is 15.9. The maximum absolute atomic E-state index is 4.76. The minimum atomic E-state index is 0. The second-order valence-electron chi connectivity index (χ2n) is 5.17. The first-order valence-electron chi connectivity index (χ1n) is 6.44. The van der Waals surface area contributed by atoms with E-state index in [2.05, 4.69) is 46.1 Å². The fourth-order valence-corrected chi connectivity index (χ4v) is 3.96. The zero-order valence-corrected chi connectivity index (χ0v) is 12.9. The van der Waals surface area contributed by atoms with E-state index in [0.717, 1.165) is 22.3 Å². The van der Waals surface area contributed by atoms with Gasteiger partial charge in [0.1, 0.15) is 0 Å². The van der Waals surface area contributed by atoms with Gasteiger partial charge in [-0.25, -0.2) is 4.98 Å². The second-order valence-corrected chi connectivity index (χ2v) is 7.20. The van der Waals surface area contributed by atoms with E-state index in [1.54, 1.807) is 0 Å². The molecule has 0 saturated carbocycles. The molecule has 0 aliphatic carbocycles. The predicted octanol–water partition coefficient (Wildman–Crippen LogP) is 3.29. The topological polar surface area (TPSA) is 16.1 Å². The van der Waals surface area contributed by atoms with Gasteiger partial charge in [-0.05, 0) is 57.1 Å². The summed E-state index contributed by atoms with van der Waals surface area (Å²) in [5, 5.41) is 1.30. The summed E-state index contributed by atoms with van der Waals surface area (Å²) in [6, 6.07) is 6.37. The van der Waals surface area contributed by atoms with Crippen LogP contribution in [0.5, 0.6) is 0 Å². The molecule has 5 heteroatoms. The Morgan fingerprint density at radius 1 is 1.37 bits per heavy atom. The zero-order chi connectivity index (χ0) is 12.5. The molecule has 0 radical (unpaired) electrons. The number of fused-ring (bicyclic) bond motifs is 1. The Bertz CT molecular complexity index is 549. The van der Waals surface area contributed by atoms with Crippen LogP contribution in [0.3, 0.4) is 0 Å². The van der Waals surface area contributed by atoms with Crippen molar-refractivity contribution < 1.29 is 0 Å². The Kier molecular flexibility index (Phi) is 5.88. The van der Waals surface area contributed by atoms with Gasteiger partial charge in [-0.15, -0.1) is 11.3 Å². The van der Waals surface area contributed by atoms with Gasteiger partial charge in [-0.2, -0.15) is 0 Å². The molecule has 1 aromatic carbocycles. The average Bonchev–Trinajstić information content (AvgIpc) is 2.73. The van der Waals surface area contributed by atoms with Gasteiger partial charge in [-0.1, -0.05) is 15.9 Å². The Morgan fingerprint density at radius 3 is 2.84 bits per heavy atom. The van der Waals surface area contributed by atoms with Crippen molar-refractivity contribution in [3.63, 3.8) is 0 Å². The normalized spacial score (nSPS) is 17.6. The maximum atomic E-state index is 4.76. The number of rotatable bonds is 2. The van der Waals surface area contributed by atoms with Crippen LogP contribution in [0.2, 0.25) is 0 Å². The van der Waals surface area contributed by atoms with E-state index in [1.165, 1.54) is 35.6 Å². The van der Waals surface area contributed by atoms with Crippen LogP contribution in [0.25, 0.3) is 10.2 Å². The molecule has 19 heavy (non-hydrogen) atoms. The summed E-state index contributed by atoms with van der Waals surface area (Å²) in [6.45, 7) is 2.47. The van der Waals surface area contributed by atoms with Crippen molar-refractivity contribution in [2.75, 3.05) is 20.1 Å². The van der Waals surface area contributed by atoms with Crippen LogP contribution in [0.15, 0.2) is 22.7 Å². The number of halogens is 1. The summed E-state index contributed by atoms with van der Waals surface area (Å²) < 4.78 is 2.42. The molecule has 0 amide bonds. The molecular formula is C14H18BrN2NaS. The van der Waals surface area contributed by atoms with Crippen LogP contribution in [0.1, 0.15) is 17.8 Å². The summed E-state index contributed by atoms with van der Waals surface area (Å²) in [7, 11) is 2.21. The van der Waals surface area contributed by atoms with E-state index in [1.807, 2.05) is 11.3 Å². The quantitative estimate of drug-likeness (QED) is 0.774. The Hall–Kier alpha value is 0.550. The van der Waals surface area contributed by atoms with E-state index >= 15 is 0 Å². The molecule has 0 spiro atoms. The molecule has 0 N–H and O–H groups in total. The molecule has 2 nitrogen and oxygen atoms in total. The van der Waals surface area contributed by atoms with Crippen molar-refractivity contribution in [1.29, 1.82) is 0 Å². The monoisotopic (exact) mass is 348 g/mol. The molecule has 1 aromatic heterocycles. The van der Waals surface area contributed by atoms with Crippen LogP contribution in [0.4, 0.5) is 0 Å². The summed E-state index contributed by atoms with van der Waals surface area (Å²) in [6.07, 6.45) is 3.79. The van der Waals surface area contributed by atoms with Gasteiger partial charge in [0, 0.05) is 10.9 Å². The molecule has 1 aliphatic heterocycles. The van der Waals surface area contributed by atoms with E-state index in [0.29, 0.717) is 0 Å². The van der Waals surface area contributed by atoms with Crippen molar-refractivity contribution in [3.05, 3.63) is 27.7 Å². The van der Waals surface area contributed by atoms with Crippen LogP contribution in [-0.4, -0.2) is 59.6 Å². The molecule has 1 aliphatic rings. The Morgan fingerprint density at radius 2 is 2.11 bits per heavy atom. The second kappa shape index (κ2) is 7.01. The van der Waals surface area contributed by atoms with Crippen LogP contribution in [0, 0.1) is 5.92 Å². The van der Waals surface area contributed by atoms with Crippen molar-refractivity contribution in [2.45, 2.75) is 19.3 Å². The first-order chi connectivity index (χ1) is 8.70. The van der Waals surface area contributed by atoms with Crippen molar-refractivity contribution >= 4 is 67.0 Å². The molecule has 2 heterocycles. The molecule has 3 rings (SSSR count). The van der Waals surface area contributed by atoms with Crippen LogP contribution in [-0.2, 0) is 6.42 Å². The number of likely N-dealkylation sites (tertiary alicyclic amines) is 1. The van der Waals surface area contributed by atoms with E-state index in [4.69, 9.17) is 4.98 Å². The van der Waals surface area contributed by atoms with Gasteiger partial charge >= 0.3 is 29.6 Å². The molecule has 0 bridgehead atoms. The number of piperidine rings is 1. The van der Waals surface area contributed by atoms with Gasteiger partial charge in [0.05, 0.1) is 15.2 Å². The number of benzene rings is 1. The van der Waals surface area contributed by atoms with E-state index in [-0.39, 0.29) is 29.6 Å². The standard InChI is InChI=1S/C14H17BrN2S.Na.H/c1-17-6-4-10(5-7-17)8-14-16-12-9-11(15)2-3-13(12)18-14;;/h2-3,9-10H,4-8H2,1H3;;. The fourth-order valence-electron chi connectivity index (χ4n) is 2.55. The molecule has 98 valence electrons. The molecule has 1 saturated heterocycles. The number of thiazole rings is 1. The Balaban J connectivity index is 0.00000133. The van der Waals surface area contributed by atoms with Crippen molar-refractivity contribution in [1.82, 2.24) is 9.88 Å². The average molecular weight is 349 g/mol. The number of aromatic nitrogens is 1. The Labute approximate surface area is 149 Å². The van der Waals surface area contributed by atoms with Crippen LogP contribution < -0.4 is 0 Å². The fraction of sp³-hybridized carbons (Fsp3) is 0.500. The summed E-state index contributed by atoms with van der Waals surface area (Å²) in [5.74, 6) is 0.824. The summed E-state index contributed by atoms with van der Waals surface area (Å²) in [4.78, 5) is 7.18. The minimum absolute atomic E-state index is 0.